The molecule has 0 N–H and O–H groups in total. The van der Waals surface area contributed by atoms with Gasteiger partial charge in [0.25, 0.3) is 3.25 Å². The summed E-state index contributed by atoms with van der Waals surface area (Å²) >= 11 is 16.2. The molecule has 0 aliphatic carbocycles. The summed E-state index contributed by atoms with van der Waals surface area (Å²) in [5, 5.41) is 0. The van der Waals surface area contributed by atoms with Crippen molar-refractivity contribution < 1.29 is 12.3 Å². The van der Waals surface area contributed by atoms with Crippen molar-refractivity contribution in [3.8, 4) is 0 Å². The van der Waals surface area contributed by atoms with Crippen molar-refractivity contribution in [1.82, 2.24) is 0 Å². The Morgan fingerprint density at radius 2 is 0.700 bits per heavy atom. The zero-order valence-electron chi connectivity index (χ0n) is 4.02. The Hall–Kier alpha value is 3.03. The second-order valence-corrected chi connectivity index (χ2v) is 19.8. The van der Waals surface area contributed by atoms with Crippen molar-refractivity contribution in [2.45, 2.75) is 3.25 Å². The van der Waals surface area contributed by atoms with Gasteiger partial charge in [0.15, 0.2) is 0 Å². The number of halogens is 8. The molecule has 0 aliphatic rings. The van der Waals surface area contributed by atoms with Crippen LogP contribution in [-0.2, 0) is 12.3 Å². The van der Waals surface area contributed by atoms with E-state index in [2.05, 4.69) is 0 Å². The summed E-state index contributed by atoms with van der Waals surface area (Å²) in [4.78, 5) is 0. The summed E-state index contributed by atoms with van der Waals surface area (Å²) in [6.45, 7) is 0. The third kappa shape index (κ3) is 121. The van der Waals surface area contributed by atoms with E-state index >= 15 is 0 Å². The second kappa shape index (κ2) is 6.48. The molecule has 0 saturated heterocycles. The van der Waals surface area contributed by atoms with Crippen LogP contribution in [0.1, 0.15) is 0 Å². The van der Waals surface area contributed by atoms with Crippen LogP contribution in [0.4, 0.5) is 0 Å². The van der Waals surface area contributed by atoms with Crippen LogP contribution < -0.4 is 0 Å². The van der Waals surface area contributed by atoms with E-state index in [0.717, 1.165) is 0 Å². The standard InChI is InChI=1S/CCl4.4ClH.Ti/c2-1(3,4)5;;;;;/h;4*1H;/q;;;;;+4/p-4. The van der Waals surface area contributed by atoms with Crippen LogP contribution in [0, 0.1) is 0 Å². The van der Waals surface area contributed by atoms with Gasteiger partial charge in [-0.3, -0.25) is 0 Å². The third-order valence-corrected chi connectivity index (χ3v) is 0. The van der Waals surface area contributed by atoms with Crippen LogP contribution >= 0.6 is 83.6 Å². The Labute approximate surface area is 97.8 Å². The van der Waals surface area contributed by atoms with Gasteiger partial charge in [-0.2, -0.15) is 0 Å². The number of alkyl halides is 4. The molecular weight excluding hydrogens is 344 g/mol. The molecule has 9 heteroatoms. The Balaban J connectivity index is 0. The predicted octanol–water partition coefficient (Wildman–Crippen LogP) is 5.31. The molecule has 0 saturated carbocycles. The molecule has 0 aromatic rings. The fraction of sp³-hybridized carbons (Fsp3) is 1.00. The van der Waals surface area contributed by atoms with Crippen LogP contribution in [-0.4, -0.2) is 3.25 Å². The van der Waals surface area contributed by atoms with Gasteiger partial charge in [-0.25, -0.2) is 0 Å². The van der Waals surface area contributed by atoms with Gasteiger partial charge in [0.05, 0.1) is 0 Å². The van der Waals surface area contributed by atoms with E-state index in [1.54, 1.807) is 0 Å². The predicted molar refractivity (Wildman–Crippen MR) is 49.6 cm³/mol. The number of hydrogen-bond acceptors (Lipinski definition) is 0. The van der Waals surface area contributed by atoms with E-state index in [1.165, 1.54) is 0 Å². The van der Waals surface area contributed by atoms with Crippen LogP contribution in [0.3, 0.4) is 0 Å². The van der Waals surface area contributed by atoms with E-state index in [-0.39, 0.29) is 0 Å². The van der Waals surface area contributed by atoms with Crippen LogP contribution in [0.25, 0.3) is 0 Å². The Bertz CT molecular complexity index is 52.2. The molecule has 0 atom stereocenters. The first-order chi connectivity index (χ1) is 4.00. The summed E-state index contributed by atoms with van der Waals surface area (Å²) in [5.74, 6) is 0. The van der Waals surface area contributed by atoms with Crippen LogP contribution in [0.5, 0.6) is 0 Å². The molecule has 0 bridgehead atoms. The molecule has 64 valence electrons. The van der Waals surface area contributed by atoms with Crippen LogP contribution in [0.2, 0.25) is 0 Å². The molecule has 10 heavy (non-hydrogen) atoms. The summed E-state index contributed by atoms with van der Waals surface area (Å²) in [6, 6.07) is 0. The second-order valence-electron chi connectivity index (χ2n) is 0.857. The number of rotatable bonds is 0. The number of hydrogen-bond donors (Lipinski definition) is 0. The SMILES string of the molecule is ClC(Cl)(Cl)Cl.[Cl][Ti]([Cl])([Cl])[Cl]. The maximum atomic E-state index is 5.01. The van der Waals surface area contributed by atoms with E-state index in [4.69, 9.17) is 83.6 Å². The monoisotopic (exact) mass is 340 g/mol. The quantitative estimate of drug-likeness (QED) is 0.413. The fourth-order valence-electron chi connectivity index (χ4n) is 0. The van der Waals surface area contributed by atoms with Gasteiger partial charge in [0.1, 0.15) is 0 Å². The third-order valence-electron chi connectivity index (χ3n) is 0. The van der Waals surface area contributed by atoms with E-state index < -0.39 is 15.6 Å². The molecule has 0 aromatic carbocycles. The van der Waals surface area contributed by atoms with Gasteiger partial charge < -0.3 is 0 Å². The van der Waals surface area contributed by atoms with Gasteiger partial charge in [-0.1, -0.05) is 46.4 Å². The van der Waals surface area contributed by atoms with Crippen molar-refractivity contribution in [2.24, 2.45) is 0 Å². The van der Waals surface area contributed by atoms with Crippen molar-refractivity contribution in [3.05, 3.63) is 0 Å². The van der Waals surface area contributed by atoms with Gasteiger partial charge in [-0.05, 0) is 0 Å². The molecule has 0 aliphatic heterocycles. The Morgan fingerprint density at radius 1 is 0.700 bits per heavy atom. The van der Waals surface area contributed by atoms with Crippen molar-refractivity contribution in [3.63, 3.8) is 0 Å². The summed E-state index contributed by atoms with van der Waals surface area (Å²) in [7, 11) is 20.1. The molecule has 0 radical (unpaired) electrons. The van der Waals surface area contributed by atoms with Crippen LogP contribution in [0.15, 0.2) is 0 Å². The topological polar surface area (TPSA) is 0 Å². The molecule has 0 fully saturated rings. The minimum atomic E-state index is -3.11. The first kappa shape index (κ1) is 15.5. The molecule has 0 nitrogen and oxygen atoms in total. The molecule has 0 spiro atoms. The van der Waals surface area contributed by atoms with E-state index in [1.807, 2.05) is 0 Å². The molecular formula is CCl8Ti. The van der Waals surface area contributed by atoms with E-state index in [9.17, 15) is 0 Å². The maximum absolute atomic E-state index is 5.01. The summed E-state index contributed by atoms with van der Waals surface area (Å²) in [5.41, 5.74) is 0. The zero-order valence-corrected chi connectivity index (χ0v) is 11.6. The molecule has 0 unspecified atom stereocenters. The van der Waals surface area contributed by atoms with Gasteiger partial charge in [0, 0.05) is 0 Å². The molecule has 0 rings (SSSR count). The minimum absolute atomic E-state index is 1.61. The van der Waals surface area contributed by atoms with Gasteiger partial charge in [-0.15, -0.1) is 0 Å². The normalized spacial score (nSPS) is 12.0. The molecule has 0 aromatic heterocycles. The molecule has 0 heterocycles. The van der Waals surface area contributed by atoms with Gasteiger partial charge in [0.2, 0.25) is 0 Å². The first-order valence-electron chi connectivity index (χ1n) is 1.51. The first-order valence-corrected chi connectivity index (χ1v) is 11.6. The molecule has 0 amide bonds. The summed E-state index contributed by atoms with van der Waals surface area (Å²) in [6.07, 6.45) is 0. The van der Waals surface area contributed by atoms with Gasteiger partial charge >= 0.3 is 49.6 Å². The van der Waals surface area contributed by atoms with Crippen molar-refractivity contribution >= 4 is 83.6 Å². The average Bonchev–Trinajstić information content (AvgIpc) is 1.12. The van der Waals surface area contributed by atoms with Crippen molar-refractivity contribution in [1.29, 1.82) is 0 Å². The Morgan fingerprint density at radius 3 is 0.700 bits per heavy atom. The fourth-order valence-corrected chi connectivity index (χ4v) is 0. The van der Waals surface area contributed by atoms with E-state index in [0.29, 0.717) is 0 Å². The average molecular weight is 344 g/mol. The zero-order chi connectivity index (χ0) is 9.00. The Kier molecular flexibility index (Phi) is 10.1. The van der Waals surface area contributed by atoms with Crippen molar-refractivity contribution in [2.75, 3.05) is 0 Å². The summed E-state index contributed by atoms with van der Waals surface area (Å²) < 4.78 is -1.61.